The van der Waals surface area contributed by atoms with Crippen molar-refractivity contribution in [2.45, 2.75) is 45.6 Å². The summed E-state index contributed by atoms with van der Waals surface area (Å²) in [6.45, 7) is 4.74. The number of nitrogens with zero attached hydrogens (tertiary/aromatic N) is 3. The van der Waals surface area contributed by atoms with Gasteiger partial charge in [0.15, 0.2) is 0 Å². The van der Waals surface area contributed by atoms with Gasteiger partial charge >= 0.3 is 0 Å². The van der Waals surface area contributed by atoms with E-state index >= 15 is 0 Å². The van der Waals surface area contributed by atoms with E-state index in [4.69, 9.17) is 4.52 Å². The third-order valence-corrected chi connectivity index (χ3v) is 4.84. The van der Waals surface area contributed by atoms with Crippen molar-refractivity contribution in [3.05, 3.63) is 33.6 Å². The Morgan fingerprint density at radius 2 is 2.43 bits per heavy atom. The summed E-state index contributed by atoms with van der Waals surface area (Å²) in [5.74, 6) is 0.919. The third kappa shape index (κ3) is 3.00. The van der Waals surface area contributed by atoms with Gasteiger partial charge in [0.2, 0.25) is 5.91 Å². The molecule has 0 saturated carbocycles. The van der Waals surface area contributed by atoms with E-state index in [9.17, 15) is 4.79 Å². The van der Waals surface area contributed by atoms with Gasteiger partial charge in [0.25, 0.3) is 0 Å². The molecule has 5 nitrogen and oxygen atoms in total. The minimum absolute atomic E-state index is 0.0548. The van der Waals surface area contributed by atoms with E-state index in [1.54, 1.807) is 11.3 Å². The Hall–Kier alpha value is -1.69. The summed E-state index contributed by atoms with van der Waals surface area (Å²) < 4.78 is 5.14. The number of hydrogen-bond acceptors (Lipinski definition) is 5. The van der Waals surface area contributed by atoms with Crippen molar-refractivity contribution < 1.29 is 9.32 Å². The molecule has 1 aliphatic heterocycles. The number of aromatic nitrogens is 2. The largest absolute Gasteiger partial charge is 0.361 e. The average molecular weight is 305 g/mol. The molecule has 3 rings (SSSR count). The van der Waals surface area contributed by atoms with Crippen molar-refractivity contribution in [3.8, 4) is 0 Å². The number of amides is 1. The molecule has 1 aliphatic rings. The molecule has 0 radical (unpaired) electrons. The van der Waals surface area contributed by atoms with E-state index in [2.05, 4.69) is 17.1 Å². The standard InChI is InChI=1S/C15H19N3O2S/c1-3-14-16-11(9-21-14)8-15(19)18-6-4-5-13(18)12-7-10(2)20-17-12/h7,9,13H,3-6,8H2,1-2H3/t13-/m0/s1. The van der Waals surface area contributed by atoms with Crippen molar-refractivity contribution >= 4 is 17.2 Å². The summed E-state index contributed by atoms with van der Waals surface area (Å²) >= 11 is 1.63. The molecular weight excluding hydrogens is 286 g/mol. The van der Waals surface area contributed by atoms with E-state index in [0.29, 0.717) is 6.42 Å². The monoisotopic (exact) mass is 305 g/mol. The molecule has 0 spiro atoms. The fraction of sp³-hybridized carbons (Fsp3) is 0.533. The number of rotatable bonds is 4. The van der Waals surface area contributed by atoms with Crippen molar-refractivity contribution in [2.24, 2.45) is 0 Å². The molecule has 1 fully saturated rings. The highest BCUT2D eigenvalue weighted by molar-refractivity contribution is 7.09. The van der Waals surface area contributed by atoms with Crippen LogP contribution in [0.5, 0.6) is 0 Å². The quantitative estimate of drug-likeness (QED) is 0.871. The molecule has 1 saturated heterocycles. The molecule has 2 aromatic rings. The summed E-state index contributed by atoms with van der Waals surface area (Å²) in [7, 11) is 0. The second kappa shape index (κ2) is 5.97. The first kappa shape index (κ1) is 14.3. The maximum Gasteiger partial charge on any atom is 0.229 e. The highest BCUT2D eigenvalue weighted by Gasteiger charge is 2.32. The molecule has 21 heavy (non-hydrogen) atoms. The summed E-state index contributed by atoms with van der Waals surface area (Å²) in [6, 6.07) is 1.98. The number of aryl methyl sites for hydroxylation is 2. The zero-order valence-corrected chi connectivity index (χ0v) is 13.2. The van der Waals surface area contributed by atoms with Crippen LogP contribution in [0.1, 0.15) is 48.0 Å². The van der Waals surface area contributed by atoms with E-state index in [-0.39, 0.29) is 11.9 Å². The molecule has 0 bridgehead atoms. The smallest absolute Gasteiger partial charge is 0.229 e. The van der Waals surface area contributed by atoms with Crippen LogP contribution in [-0.2, 0) is 17.6 Å². The second-order valence-electron chi connectivity index (χ2n) is 5.37. The van der Waals surface area contributed by atoms with Crippen LogP contribution in [0.2, 0.25) is 0 Å². The van der Waals surface area contributed by atoms with Crippen LogP contribution >= 0.6 is 11.3 Å². The fourth-order valence-electron chi connectivity index (χ4n) is 2.76. The van der Waals surface area contributed by atoms with Gasteiger partial charge in [-0.3, -0.25) is 4.79 Å². The SMILES string of the molecule is CCc1nc(CC(=O)N2CCC[C@H]2c2cc(C)on2)cs1. The van der Waals surface area contributed by atoms with Gasteiger partial charge < -0.3 is 9.42 Å². The Morgan fingerprint density at radius 3 is 3.10 bits per heavy atom. The van der Waals surface area contributed by atoms with Crippen LogP contribution in [0.15, 0.2) is 16.0 Å². The van der Waals surface area contributed by atoms with Gasteiger partial charge in [0.05, 0.1) is 23.2 Å². The zero-order chi connectivity index (χ0) is 14.8. The molecule has 2 aromatic heterocycles. The Bertz CT molecular complexity index is 634. The average Bonchev–Trinajstić information content (AvgIpc) is 3.17. The van der Waals surface area contributed by atoms with Gasteiger partial charge in [-0.25, -0.2) is 4.98 Å². The number of carbonyl (C=O) groups is 1. The molecule has 0 aliphatic carbocycles. The molecule has 0 unspecified atom stereocenters. The van der Waals surface area contributed by atoms with Gasteiger partial charge in [-0.05, 0) is 26.2 Å². The molecule has 112 valence electrons. The lowest BCUT2D eigenvalue weighted by Crippen LogP contribution is -2.32. The Morgan fingerprint density at radius 1 is 1.57 bits per heavy atom. The van der Waals surface area contributed by atoms with Crippen molar-refractivity contribution in [2.75, 3.05) is 6.54 Å². The minimum Gasteiger partial charge on any atom is -0.361 e. The van der Waals surface area contributed by atoms with E-state index < -0.39 is 0 Å². The van der Waals surface area contributed by atoms with Crippen LogP contribution in [0.25, 0.3) is 0 Å². The first-order chi connectivity index (χ1) is 10.2. The number of likely N-dealkylation sites (tertiary alicyclic amines) is 1. The first-order valence-corrected chi connectivity index (χ1v) is 8.21. The third-order valence-electron chi connectivity index (χ3n) is 3.79. The summed E-state index contributed by atoms with van der Waals surface area (Å²) in [5.41, 5.74) is 1.75. The second-order valence-corrected chi connectivity index (χ2v) is 6.31. The topological polar surface area (TPSA) is 59.2 Å². The van der Waals surface area contributed by atoms with Gasteiger partial charge in [-0.1, -0.05) is 12.1 Å². The van der Waals surface area contributed by atoms with E-state index in [1.807, 2.05) is 23.3 Å². The maximum absolute atomic E-state index is 12.5. The lowest BCUT2D eigenvalue weighted by atomic mass is 10.1. The molecule has 6 heteroatoms. The van der Waals surface area contributed by atoms with Crippen LogP contribution in [-0.4, -0.2) is 27.5 Å². The van der Waals surface area contributed by atoms with Crippen molar-refractivity contribution in [3.63, 3.8) is 0 Å². The number of thiazole rings is 1. The number of carbonyl (C=O) groups excluding carboxylic acids is 1. The molecular formula is C15H19N3O2S. The number of hydrogen-bond donors (Lipinski definition) is 0. The highest BCUT2D eigenvalue weighted by atomic mass is 32.1. The molecule has 1 atom stereocenters. The Kier molecular flexibility index (Phi) is 4.05. The summed E-state index contributed by atoms with van der Waals surface area (Å²) in [6.07, 6.45) is 3.27. The lowest BCUT2D eigenvalue weighted by molar-refractivity contribution is -0.131. The van der Waals surface area contributed by atoms with Gasteiger partial charge in [0.1, 0.15) is 11.5 Å². The zero-order valence-electron chi connectivity index (χ0n) is 12.3. The summed E-state index contributed by atoms with van der Waals surface area (Å²) in [5, 5.41) is 7.15. The maximum atomic E-state index is 12.5. The van der Waals surface area contributed by atoms with Gasteiger partial charge in [0, 0.05) is 18.0 Å². The molecule has 0 N–H and O–H groups in total. The van der Waals surface area contributed by atoms with Crippen molar-refractivity contribution in [1.82, 2.24) is 15.0 Å². The van der Waals surface area contributed by atoms with Crippen LogP contribution < -0.4 is 0 Å². The van der Waals surface area contributed by atoms with Crippen LogP contribution in [0.3, 0.4) is 0 Å². The Balaban J connectivity index is 1.71. The van der Waals surface area contributed by atoms with Gasteiger partial charge in [-0.15, -0.1) is 11.3 Å². The van der Waals surface area contributed by atoms with E-state index in [1.165, 1.54) is 0 Å². The van der Waals surface area contributed by atoms with Crippen LogP contribution in [0, 0.1) is 6.92 Å². The highest BCUT2D eigenvalue weighted by Crippen LogP contribution is 2.32. The van der Waals surface area contributed by atoms with Crippen molar-refractivity contribution in [1.29, 1.82) is 0 Å². The lowest BCUT2D eigenvalue weighted by Gasteiger charge is -2.22. The van der Waals surface area contributed by atoms with E-state index in [0.717, 1.165) is 48.0 Å². The minimum atomic E-state index is 0.0548. The molecule has 0 aromatic carbocycles. The van der Waals surface area contributed by atoms with Gasteiger partial charge in [-0.2, -0.15) is 0 Å². The normalized spacial score (nSPS) is 18.4. The molecule has 1 amide bonds. The first-order valence-electron chi connectivity index (χ1n) is 7.33. The molecule has 3 heterocycles. The van der Waals surface area contributed by atoms with Crippen LogP contribution in [0.4, 0.5) is 0 Å². The predicted molar refractivity (Wildman–Crippen MR) is 80.1 cm³/mol. The predicted octanol–water partition coefficient (Wildman–Crippen LogP) is 2.91. The fourth-order valence-corrected chi connectivity index (χ4v) is 3.51. The summed E-state index contributed by atoms with van der Waals surface area (Å²) in [4.78, 5) is 18.9. The Labute approximate surface area is 128 Å².